The molecule has 0 aliphatic rings. The molecule has 0 radical (unpaired) electrons. The topological polar surface area (TPSA) is 58.2 Å². The van der Waals surface area contributed by atoms with Gasteiger partial charge >= 0.3 is 11.8 Å². The van der Waals surface area contributed by atoms with Crippen LogP contribution in [0, 0.1) is 5.82 Å². The third-order valence-corrected chi connectivity index (χ3v) is 4.54. The highest BCUT2D eigenvalue weighted by molar-refractivity contribution is 6.39. The molecule has 0 bridgehead atoms. The molecule has 2 amide bonds. The summed E-state index contributed by atoms with van der Waals surface area (Å²) >= 11 is 5.69. The summed E-state index contributed by atoms with van der Waals surface area (Å²) in [4.78, 5) is 24.4. The Morgan fingerprint density at radius 2 is 1.43 bits per heavy atom. The Morgan fingerprint density at radius 3 is 1.96 bits per heavy atom. The van der Waals surface area contributed by atoms with Crippen molar-refractivity contribution in [2.24, 2.45) is 0 Å². The van der Waals surface area contributed by atoms with Gasteiger partial charge in [-0.1, -0.05) is 72.3 Å². The first-order valence-corrected chi connectivity index (χ1v) is 9.06. The van der Waals surface area contributed by atoms with Crippen LogP contribution in [0.5, 0.6) is 0 Å². The van der Waals surface area contributed by atoms with E-state index >= 15 is 0 Å². The van der Waals surface area contributed by atoms with Crippen LogP contribution in [0.3, 0.4) is 0 Å². The number of halogens is 2. The first-order valence-electron chi connectivity index (χ1n) is 8.68. The lowest BCUT2D eigenvalue weighted by molar-refractivity contribution is -0.136. The van der Waals surface area contributed by atoms with Crippen LogP contribution in [0.1, 0.15) is 17.0 Å². The van der Waals surface area contributed by atoms with Gasteiger partial charge in [-0.3, -0.25) is 9.59 Å². The highest BCUT2D eigenvalue weighted by Gasteiger charge is 2.19. The number of amides is 2. The minimum Gasteiger partial charge on any atom is -0.347 e. The number of anilines is 1. The van der Waals surface area contributed by atoms with Gasteiger partial charge in [0.25, 0.3) is 0 Å². The van der Waals surface area contributed by atoms with E-state index in [1.807, 2.05) is 60.7 Å². The maximum atomic E-state index is 13.2. The van der Waals surface area contributed by atoms with E-state index in [9.17, 15) is 14.0 Å². The summed E-state index contributed by atoms with van der Waals surface area (Å²) in [6.07, 6.45) is 0. The second-order valence-corrected chi connectivity index (χ2v) is 6.57. The summed E-state index contributed by atoms with van der Waals surface area (Å²) in [5.41, 5.74) is 2.30. The molecule has 0 heterocycles. The summed E-state index contributed by atoms with van der Waals surface area (Å²) in [5, 5.41) is 4.95. The van der Waals surface area contributed by atoms with Gasteiger partial charge in [0.2, 0.25) is 0 Å². The second kappa shape index (κ2) is 9.15. The molecule has 3 aromatic rings. The van der Waals surface area contributed by atoms with Crippen LogP contribution < -0.4 is 10.6 Å². The van der Waals surface area contributed by atoms with E-state index in [-0.39, 0.29) is 23.2 Å². The average Bonchev–Trinajstić information content (AvgIpc) is 2.72. The monoisotopic (exact) mass is 396 g/mol. The van der Waals surface area contributed by atoms with Crippen molar-refractivity contribution in [3.63, 3.8) is 0 Å². The first kappa shape index (κ1) is 19.6. The number of benzene rings is 3. The van der Waals surface area contributed by atoms with Crippen LogP contribution in [-0.4, -0.2) is 18.4 Å². The van der Waals surface area contributed by atoms with E-state index < -0.39 is 17.6 Å². The fourth-order valence-corrected chi connectivity index (χ4v) is 3.02. The third-order valence-electron chi connectivity index (χ3n) is 4.25. The molecule has 0 aromatic heterocycles. The van der Waals surface area contributed by atoms with E-state index in [4.69, 9.17) is 11.6 Å². The summed E-state index contributed by atoms with van der Waals surface area (Å²) in [7, 11) is 0. The van der Waals surface area contributed by atoms with Crippen molar-refractivity contribution in [2.45, 2.75) is 5.92 Å². The number of carbonyl (C=O) groups is 2. The largest absolute Gasteiger partial charge is 0.347 e. The average molecular weight is 397 g/mol. The van der Waals surface area contributed by atoms with Crippen molar-refractivity contribution in [3.8, 4) is 0 Å². The maximum absolute atomic E-state index is 13.2. The molecule has 28 heavy (non-hydrogen) atoms. The van der Waals surface area contributed by atoms with Crippen LogP contribution >= 0.6 is 11.6 Å². The lowest BCUT2D eigenvalue weighted by Gasteiger charge is -2.18. The van der Waals surface area contributed by atoms with Gasteiger partial charge in [0.05, 0.1) is 5.02 Å². The Hall–Kier alpha value is -3.18. The number of carbonyl (C=O) groups excluding carboxylic acids is 2. The minimum atomic E-state index is -0.845. The molecular formula is C22H18ClFN2O2. The van der Waals surface area contributed by atoms with E-state index in [1.54, 1.807) is 0 Å². The normalized spacial score (nSPS) is 10.5. The predicted octanol–water partition coefficient (Wildman–Crippen LogP) is 4.37. The van der Waals surface area contributed by atoms with Gasteiger partial charge in [0, 0.05) is 18.2 Å². The predicted molar refractivity (Wildman–Crippen MR) is 108 cm³/mol. The molecule has 0 saturated carbocycles. The molecule has 0 aliphatic carbocycles. The Balaban J connectivity index is 1.68. The Bertz CT molecular complexity index is 925. The molecule has 0 saturated heterocycles. The molecule has 2 N–H and O–H groups in total. The van der Waals surface area contributed by atoms with Gasteiger partial charge in [-0.05, 0) is 29.3 Å². The van der Waals surface area contributed by atoms with Crippen molar-refractivity contribution in [2.75, 3.05) is 11.9 Å². The van der Waals surface area contributed by atoms with Crippen LogP contribution in [0.15, 0.2) is 78.9 Å². The first-order chi connectivity index (χ1) is 13.5. The maximum Gasteiger partial charge on any atom is 0.313 e. The molecule has 3 rings (SSSR count). The van der Waals surface area contributed by atoms with Crippen LogP contribution in [-0.2, 0) is 9.59 Å². The zero-order valence-electron chi connectivity index (χ0n) is 14.9. The van der Waals surface area contributed by atoms with Gasteiger partial charge < -0.3 is 10.6 Å². The zero-order valence-corrected chi connectivity index (χ0v) is 15.6. The molecule has 0 spiro atoms. The molecule has 0 unspecified atom stereocenters. The number of hydrogen-bond acceptors (Lipinski definition) is 2. The summed E-state index contributed by atoms with van der Waals surface area (Å²) in [6, 6.07) is 23.2. The third kappa shape index (κ3) is 4.96. The summed E-state index contributed by atoms with van der Waals surface area (Å²) in [5.74, 6) is -2.32. The van der Waals surface area contributed by atoms with Gasteiger partial charge in [0.15, 0.2) is 0 Å². The smallest absolute Gasteiger partial charge is 0.313 e. The number of nitrogens with one attached hydrogen (secondary N) is 2. The zero-order chi connectivity index (χ0) is 19.9. The molecular weight excluding hydrogens is 379 g/mol. The lowest BCUT2D eigenvalue weighted by Crippen LogP contribution is -2.37. The minimum absolute atomic E-state index is 0.0978. The molecule has 0 fully saturated rings. The van der Waals surface area contributed by atoms with Gasteiger partial charge in [-0.25, -0.2) is 4.39 Å². The summed E-state index contributed by atoms with van der Waals surface area (Å²) < 4.78 is 13.2. The van der Waals surface area contributed by atoms with Crippen molar-refractivity contribution in [1.29, 1.82) is 0 Å². The number of hydrogen-bond donors (Lipinski definition) is 2. The molecule has 4 nitrogen and oxygen atoms in total. The van der Waals surface area contributed by atoms with Crippen LogP contribution in [0.4, 0.5) is 10.1 Å². The quantitative estimate of drug-likeness (QED) is 0.629. The highest BCUT2D eigenvalue weighted by Crippen LogP contribution is 2.23. The molecule has 6 heteroatoms. The molecule has 3 aromatic carbocycles. The van der Waals surface area contributed by atoms with E-state index in [1.165, 1.54) is 12.1 Å². The van der Waals surface area contributed by atoms with E-state index in [0.29, 0.717) is 0 Å². The van der Waals surface area contributed by atoms with Gasteiger partial charge in [-0.15, -0.1) is 0 Å². The fraction of sp³-hybridized carbons (Fsp3) is 0.0909. The lowest BCUT2D eigenvalue weighted by atomic mass is 9.91. The Labute approximate surface area is 167 Å². The summed E-state index contributed by atoms with van der Waals surface area (Å²) in [6.45, 7) is 0.254. The van der Waals surface area contributed by atoms with Crippen molar-refractivity contribution >= 4 is 29.1 Å². The van der Waals surface area contributed by atoms with Crippen LogP contribution in [0.25, 0.3) is 0 Å². The van der Waals surface area contributed by atoms with Crippen molar-refractivity contribution < 1.29 is 14.0 Å². The van der Waals surface area contributed by atoms with Crippen LogP contribution in [0.2, 0.25) is 5.02 Å². The van der Waals surface area contributed by atoms with E-state index in [2.05, 4.69) is 10.6 Å². The van der Waals surface area contributed by atoms with Gasteiger partial charge in [-0.2, -0.15) is 0 Å². The molecule has 142 valence electrons. The molecule has 0 atom stereocenters. The standard InChI is InChI=1S/C22H18ClFN2O2/c23-19-13-17(11-12-20(19)24)26-22(28)21(27)25-14-18(15-7-3-1-4-8-15)16-9-5-2-6-10-16/h1-13,18H,14H2,(H,25,27)(H,26,28). The fourth-order valence-electron chi connectivity index (χ4n) is 2.84. The van der Waals surface area contributed by atoms with Gasteiger partial charge in [0.1, 0.15) is 5.82 Å². The highest BCUT2D eigenvalue weighted by atomic mass is 35.5. The Morgan fingerprint density at radius 1 is 0.857 bits per heavy atom. The van der Waals surface area contributed by atoms with E-state index in [0.717, 1.165) is 17.2 Å². The molecule has 0 aliphatic heterocycles. The Kier molecular flexibility index (Phi) is 6.40. The number of rotatable bonds is 5. The second-order valence-electron chi connectivity index (χ2n) is 6.17. The van der Waals surface area contributed by atoms with Crippen molar-refractivity contribution in [3.05, 3.63) is 101 Å². The van der Waals surface area contributed by atoms with Crippen molar-refractivity contribution in [1.82, 2.24) is 5.32 Å². The SMILES string of the molecule is O=C(NCC(c1ccccc1)c1ccccc1)C(=O)Nc1ccc(F)c(Cl)c1.